The van der Waals surface area contributed by atoms with E-state index < -0.39 is 0 Å². The maximum atomic E-state index is 3.38. The number of allylic oxidation sites excluding steroid dienone is 2. The van der Waals surface area contributed by atoms with Gasteiger partial charge in [0.25, 0.3) is 0 Å². The van der Waals surface area contributed by atoms with Gasteiger partial charge in [-0.05, 0) is 19.8 Å². The molecule has 0 bridgehead atoms. The second kappa shape index (κ2) is 6.34. The summed E-state index contributed by atoms with van der Waals surface area (Å²) in [6.45, 7) is 4.41. The van der Waals surface area contributed by atoms with Crippen LogP contribution < -0.4 is 0 Å². The summed E-state index contributed by atoms with van der Waals surface area (Å²) in [5.74, 6) is 0. The molecule has 0 nitrogen and oxygen atoms in total. The summed E-state index contributed by atoms with van der Waals surface area (Å²) in [7, 11) is 0. The molecule has 0 unspecified atom stereocenters. The molecular weight excluding hydrogens is 176 g/mol. The lowest BCUT2D eigenvalue weighted by molar-refractivity contribution is 0.897. The number of halogens is 1. The molecule has 1 heteroatoms. The van der Waals surface area contributed by atoms with Gasteiger partial charge >= 0.3 is 0 Å². The molecular formula is C8H15Br. The Bertz CT molecular complexity index is 84.6. The Morgan fingerprint density at radius 1 is 1.56 bits per heavy atom. The first kappa shape index (κ1) is 9.22. The lowest BCUT2D eigenvalue weighted by Crippen LogP contribution is -1.75. The van der Waals surface area contributed by atoms with E-state index in [0.717, 1.165) is 5.33 Å². The fraction of sp³-hybridized carbons (Fsp3) is 0.750. The third-order valence-corrected chi connectivity index (χ3v) is 1.70. The molecule has 0 heterocycles. The molecule has 0 fully saturated rings. The van der Waals surface area contributed by atoms with Gasteiger partial charge in [0.2, 0.25) is 0 Å². The number of hydrogen-bond donors (Lipinski definition) is 0. The van der Waals surface area contributed by atoms with Crippen molar-refractivity contribution >= 4 is 15.9 Å². The second-order valence-corrected chi connectivity index (χ2v) is 3.07. The molecule has 9 heavy (non-hydrogen) atoms. The van der Waals surface area contributed by atoms with E-state index in [9.17, 15) is 0 Å². The molecule has 0 saturated heterocycles. The van der Waals surface area contributed by atoms with Crippen LogP contribution >= 0.6 is 15.9 Å². The summed E-state index contributed by atoms with van der Waals surface area (Å²) in [6.07, 6.45) is 6.00. The molecule has 0 N–H and O–H groups in total. The highest BCUT2D eigenvalue weighted by Gasteiger charge is 1.84. The molecule has 0 aliphatic rings. The predicted octanol–water partition coefficient (Wildman–Crippen LogP) is 3.52. The Morgan fingerprint density at radius 2 is 2.22 bits per heavy atom. The lowest BCUT2D eigenvalue weighted by Gasteiger charge is -1.94. The van der Waals surface area contributed by atoms with E-state index in [2.05, 4.69) is 35.9 Å². The Hall–Kier alpha value is 0.220. The highest BCUT2D eigenvalue weighted by molar-refractivity contribution is 9.09. The summed E-state index contributed by atoms with van der Waals surface area (Å²) < 4.78 is 0. The minimum Gasteiger partial charge on any atom is -0.0925 e. The first-order chi connectivity index (χ1) is 4.31. The van der Waals surface area contributed by atoms with Crippen LogP contribution in [0.1, 0.15) is 33.1 Å². The van der Waals surface area contributed by atoms with Crippen molar-refractivity contribution in [2.75, 3.05) is 5.33 Å². The molecule has 0 saturated carbocycles. The third kappa shape index (κ3) is 6.10. The maximum Gasteiger partial charge on any atom is 0.00660 e. The molecule has 0 rings (SSSR count). The van der Waals surface area contributed by atoms with Crippen molar-refractivity contribution in [3.05, 3.63) is 11.6 Å². The van der Waals surface area contributed by atoms with E-state index in [1.165, 1.54) is 24.8 Å². The molecule has 0 aliphatic carbocycles. The SMILES string of the molecule is CCC/C(C)=C/CCBr. The van der Waals surface area contributed by atoms with Gasteiger partial charge in [0.1, 0.15) is 0 Å². The zero-order chi connectivity index (χ0) is 7.11. The summed E-state index contributed by atoms with van der Waals surface area (Å²) in [6, 6.07) is 0. The van der Waals surface area contributed by atoms with Crippen molar-refractivity contribution in [1.82, 2.24) is 0 Å². The molecule has 0 aromatic carbocycles. The number of alkyl halides is 1. The van der Waals surface area contributed by atoms with Crippen LogP contribution in [0.2, 0.25) is 0 Å². The zero-order valence-electron chi connectivity index (χ0n) is 6.28. The molecule has 0 spiro atoms. The van der Waals surface area contributed by atoms with Crippen molar-refractivity contribution in [1.29, 1.82) is 0 Å². The Labute approximate surface area is 66.5 Å². The predicted molar refractivity (Wildman–Crippen MR) is 47.1 cm³/mol. The molecule has 0 radical (unpaired) electrons. The average molecular weight is 191 g/mol. The topological polar surface area (TPSA) is 0 Å². The minimum atomic E-state index is 1.09. The lowest BCUT2D eigenvalue weighted by atomic mass is 10.1. The average Bonchev–Trinajstić information content (AvgIpc) is 1.85. The van der Waals surface area contributed by atoms with Gasteiger partial charge in [-0.15, -0.1) is 0 Å². The van der Waals surface area contributed by atoms with Crippen LogP contribution in [0.3, 0.4) is 0 Å². The van der Waals surface area contributed by atoms with Gasteiger partial charge < -0.3 is 0 Å². The fourth-order valence-electron chi connectivity index (χ4n) is 0.797. The van der Waals surface area contributed by atoms with Crippen LogP contribution in [0.25, 0.3) is 0 Å². The zero-order valence-corrected chi connectivity index (χ0v) is 7.87. The van der Waals surface area contributed by atoms with Crippen molar-refractivity contribution in [3.63, 3.8) is 0 Å². The van der Waals surface area contributed by atoms with E-state index in [-0.39, 0.29) is 0 Å². The van der Waals surface area contributed by atoms with E-state index in [0.29, 0.717) is 0 Å². The van der Waals surface area contributed by atoms with Gasteiger partial charge in [-0.25, -0.2) is 0 Å². The third-order valence-electron chi connectivity index (χ3n) is 1.25. The van der Waals surface area contributed by atoms with Gasteiger partial charge in [-0.2, -0.15) is 0 Å². The van der Waals surface area contributed by atoms with Crippen LogP contribution in [0.5, 0.6) is 0 Å². The summed E-state index contributed by atoms with van der Waals surface area (Å²) in [4.78, 5) is 0. The minimum absolute atomic E-state index is 1.09. The quantitative estimate of drug-likeness (QED) is 0.471. The van der Waals surface area contributed by atoms with Crippen molar-refractivity contribution in [2.45, 2.75) is 33.1 Å². The molecule has 0 amide bonds. The summed E-state index contributed by atoms with van der Waals surface area (Å²) in [5, 5.41) is 1.09. The van der Waals surface area contributed by atoms with Gasteiger partial charge in [-0.3, -0.25) is 0 Å². The summed E-state index contributed by atoms with van der Waals surface area (Å²) in [5.41, 5.74) is 1.52. The summed E-state index contributed by atoms with van der Waals surface area (Å²) >= 11 is 3.38. The maximum absolute atomic E-state index is 3.38. The van der Waals surface area contributed by atoms with Gasteiger partial charge in [0.05, 0.1) is 0 Å². The normalized spacial score (nSPS) is 12.1. The van der Waals surface area contributed by atoms with E-state index in [1.54, 1.807) is 0 Å². The molecule has 0 atom stereocenters. The van der Waals surface area contributed by atoms with Crippen molar-refractivity contribution in [3.8, 4) is 0 Å². The Morgan fingerprint density at radius 3 is 2.67 bits per heavy atom. The highest BCUT2D eigenvalue weighted by atomic mass is 79.9. The van der Waals surface area contributed by atoms with Crippen LogP contribution in [0.15, 0.2) is 11.6 Å². The standard InChI is InChI=1S/C8H15Br/c1-3-5-8(2)6-4-7-9/h6H,3-5,7H2,1-2H3/b8-6+. The monoisotopic (exact) mass is 190 g/mol. The molecule has 0 aromatic rings. The van der Waals surface area contributed by atoms with Crippen molar-refractivity contribution in [2.24, 2.45) is 0 Å². The van der Waals surface area contributed by atoms with Gasteiger partial charge in [-0.1, -0.05) is 40.9 Å². The van der Waals surface area contributed by atoms with Crippen LogP contribution in [0, 0.1) is 0 Å². The highest BCUT2D eigenvalue weighted by Crippen LogP contribution is 2.04. The first-order valence-electron chi connectivity index (χ1n) is 3.52. The van der Waals surface area contributed by atoms with E-state index in [1.807, 2.05) is 0 Å². The molecule has 0 aromatic heterocycles. The molecule has 54 valence electrons. The van der Waals surface area contributed by atoms with Crippen LogP contribution in [-0.2, 0) is 0 Å². The van der Waals surface area contributed by atoms with Gasteiger partial charge in [0.15, 0.2) is 0 Å². The largest absolute Gasteiger partial charge is 0.0925 e. The van der Waals surface area contributed by atoms with Crippen molar-refractivity contribution < 1.29 is 0 Å². The molecule has 0 aliphatic heterocycles. The van der Waals surface area contributed by atoms with Crippen LogP contribution in [-0.4, -0.2) is 5.33 Å². The Kier molecular flexibility index (Phi) is 6.50. The smallest absolute Gasteiger partial charge is 0.00660 e. The first-order valence-corrected chi connectivity index (χ1v) is 4.65. The number of hydrogen-bond acceptors (Lipinski definition) is 0. The Balaban J connectivity index is 3.30. The van der Waals surface area contributed by atoms with Crippen LogP contribution in [0.4, 0.5) is 0 Å². The van der Waals surface area contributed by atoms with E-state index >= 15 is 0 Å². The number of rotatable bonds is 4. The second-order valence-electron chi connectivity index (χ2n) is 2.28. The van der Waals surface area contributed by atoms with Gasteiger partial charge in [0, 0.05) is 5.33 Å². The fourth-order valence-corrected chi connectivity index (χ4v) is 1.03. The van der Waals surface area contributed by atoms with E-state index in [4.69, 9.17) is 0 Å².